The molecule has 0 amide bonds. The van der Waals surface area contributed by atoms with E-state index in [2.05, 4.69) is 14.6 Å². The minimum atomic E-state index is -5.25. The van der Waals surface area contributed by atoms with Gasteiger partial charge in [-0.1, -0.05) is 47.1 Å². The predicted molar refractivity (Wildman–Crippen MR) is 171 cm³/mol. The van der Waals surface area contributed by atoms with E-state index in [1.165, 1.54) is 11.8 Å². The molecule has 0 unspecified atom stereocenters. The van der Waals surface area contributed by atoms with Gasteiger partial charge in [-0.15, -0.1) is 11.8 Å². The van der Waals surface area contributed by atoms with Gasteiger partial charge in [-0.3, -0.25) is 9.59 Å². The van der Waals surface area contributed by atoms with E-state index < -0.39 is 17.9 Å². The molecule has 0 saturated heterocycles. The summed E-state index contributed by atoms with van der Waals surface area (Å²) >= 11 is 7.46. The normalized spacial score (nSPS) is 15.2. The van der Waals surface area contributed by atoms with Crippen molar-refractivity contribution < 1.29 is 32.4 Å². The first-order chi connectivity index (χ1) is 21.5. The van der Waals surface area contributed by atoms with Crippen LogP contribution in [0.1, 0.15) is 65.3 Å². The molecular formula is C34H30ClF3N2O4S. The van der Waals surface area contributed by atoms with E-state index >= 15 is 0 Å². The van der Waals surface area contributed by atoms with Crippen LogP contribution in [0.3, 0.4) is 0 Å². The van der Waals surface area contributed by atoms with Crippen molar-refractivity contribution in [2.45, 2.75) is 58.7 Å². The first kappa shape index (κ1) is 32.5. The van der Waals surface area contributed by atoms with Gasteiger partial charge in [-0.2, -0.15) is 13.2 Å². The van der Waals surface area contributed by atoms with Gasteiger partial charge in [0, 0.05) is 62.6 Å². The third-order valence-corrected chi connectivity index (χ3v) is 9.28. The Labute approximate surface area is 267 Å². The number of carbonyl (C=O) groups excluding carboxylic acids is 3. The Morgan fingerprint density at radius 1 is 1.04 bits per heavy atom. The number of thioether (sulfide) groups is 1. The number of nitrogens with zero attached hydrogens (tertiary/aromatic N) is 2. The molecule has 11 heteroatoms. The van der Waals surface area contributed by atoms with Gasteiger partial charge in [0.1, 0.15) is 5.71 Å². The second-order valence-electron chi connectivity index (χ2n) is 10.7. The molecule has 0 aliphatic heterocycles. The fraction of sp³-hybridized carbons (Fsp3) is 0.294. The molecule has 0 N–H and O–H groups in total. The van der Waals surface area contributed by atoms with Crippen LogP contribution in [0.5, 0.6) is 0 Å². The molecule has 2 aliphatic carbocycles. The average Bonchev–Trinajstić information content (AvgIpc) is 3.34. The number of benzene rings is 2. The van der Waals surface area contributed by atoms with Gasteiger partial charge < -0.3 is 9.40 Å². The lowest BCUT2D eigenvalue weighted by molar-refractivity contribution is -0.199. The number of Topliss-reactive ketones (excluding diaryl/α,β-unsaturated/α-hetero) is 1. The number of halogens is 4. The van der Waals surface area contributed by atoms with Crippen molar-refractivity contribution in [1.82, 2.24) is 4.57 Å². The molecule has 0 saturated carbocycles. The van der Waals surface area contributed by atoms with Crippen LogP contribution in [0.4, 0.5) is 13.2 Å². The number of allylic oxidation sites excluding steroid dienone is 5. The summed E-state index contributed by atoms with van der Waals surface area (Å²) < 4.78 is 40.7. The topological polar surface area (TPSA) is 77.7 Å². The van der Waals surface area contributed by atoms with Crippen molar-refractivity contribution in [1.29, 1.82) is 0 Å². The van der Waals surface area contributed by atoms with Gasteiger partial charge >= 0.3 is 12.1 Å². The van der Waals surface area contributed by atoms with E-state index in [1.807, 2.05) is 50.3 Å². The summed E-state index contributed by atoms with van der Waals surface area (Å²) in [5.74, 6) is -2.86. The molecule has 0 fully saturated rings. The molecular weight excluding hydrogens is 625 g/mol. The van der Waals surface area contributed by atoms with E-state index in [9.17, 15) is 27.6 Å². The Morgan fingerprint density at radius 2 is 1.82 bits per heavy atom. The van der Waals surface area contributed by atoms with Crippen LogP contribution in [0.25, 0.3) is 17.0 Å². The molecule has 45 heavy (non-hydrogen) atoms. The zero-order valence-electron chi connectivity index (χ0n) is 24.7. The quantitative estimate of drug-likeness (QED) is 0.0948. The second-order valence-corrected chi connectivity index (χ2v) is 12.4. The first-order valence-electron chi connectivity index (χ1n) is 14.5. The number of ketones is 2. The summed E-state index contributed by atoms with van der Waals surface area (Å²) in [5.41, 5.74) is 4.72. The van der Waals surface area contributed by atoms with Crippen molar-refractivity contribution in [3.05, 3.63) is 98.1 Å². The standard InChI is InChI=1S/C34H30ClF3N2O4S/c1-3-40-29-14-8-21(31(41)25-7-5-4-6-20(25)2)18-26(29)27-19-22(9-15-30(27)40)32(42)28(39-44-33(43)34(36,37)38)16-17-45-24-12-10-23(35)11-13-24/h4-8,10,12,14,18-19H,3,9,11,13,15-17H2,1-2H3/b39-28+. The molecule has 0 radical (unpaired) electrons. The highest BCUT2D eigenvalue weighted by Gasteiger charge is 2.42. The summed E-state index contributed by atoms with van der Waals surface area (Å²) in [6.07, 6.45) is 2.34. The van der Waals surface area contributed by atoms with E-state index in [1.54, 1.807) is 24.3 Å². The van der Waals surface area contributed by atoms with Gasteiger partial charge in [0.05, 0.1) is 0 Å². The fourth-order valence-electron chi connectivity index (χ4n) is 5.55. The number of alkyl halides is 3. The molecule has 0 spiro atoms. The monoisotopic (exact) mass is 654 g/mol. The number of aryl methyl sites for hydroxylation is 2. The lowest BCUT2D eigenvalue weighted by Crippen LogP contribution is -2.26. The maximum atomic E-state index is 13.7. The van der Waals surface area contributed by atoms with E-state index in [0.717, 1.165) is 37.7 Å². The largest absolute Gasteiger partial charge is 0.493 e. The summed E-state index contributed by atoms with van der Waals surface area (Å²) in [5, 5.41) is 4.95. The van der Waals surface area contributed by atoms with E-state index in [4.69, 9.17) is 11.6 Å². The minimum absolute atomic E-state index is 0.0145. The van der Waals surface area contributed by atoms with Crippen molar-refractivity contribution >= 4 is 63.6 Å². The van der Waals surface area contributed by atoms with Gasteiger partial charge in [0.15, 0.2) is 5.78 Å². The number of hydrogen-bond donors (Lipinski definition) is 0. The Bertz CT molecular complexity index is 1820. The highest BCUT2D eigenvalue weighted by molar-refractivity contribution is 8.03. The van der Waals surface area contributed by atoms with Crippen LogP contribution >= 0.6 is 23.4 Å². The molecule has 2 aliphatic rings. The van der Waals surface area contributed by atoms with Gasteiger partial charge in [-0.25, -0.2) is 4.79 Å². The number of fused-ring (bicyclic) bond motifs is 3. The first-order valence-corrected chi connectivity index (χ1v) is 15.9. The van der Waals surface area contributed by atoms with Gasteiger partial charge in [0.25, 0.3) is 0 Å². The average molecular weight is 655 g/mol. The lowest BCUT2D eigenvalue weighted by atomic mass is 9.90. The third kappa shape index (κ3) is 7.17. The molecule has 1 aromatic heterocycles. The Hall–Kier alpha value is -3.89. The van der Waals surface area contributed by atoms with Crippen molar-refractivity contribution in [3.8, 4) is 0 Å². The highest BCUT2D eigenvalue weighted by atomic mass is 35.5. The minimum Gasteiger partial charge on any atom is -0.344 e. The summed E-state index contributed by atoms with van der Waals surface area (Å²) in [7, 11) is 0. The smallest absolute Gasteiger partial charge is 0.344 e. The Balaban J connectivity index is 1.47. The van der Waals surface area contributed by atoms with Crippen LogP contribution in [0, 0.1) is 6.92 Å². The highest BCUT2D eigenvalue weighted by Crippen LogP contribution is 2.36. The summed E-state index contributed by atoms with van der Waals surface area (Å²) in [4.78, 5) is 43.8. The van der Waals surface area contributed by atoms with Crippen LogP contribution in [0.15, 0.2) is 75.3 Å². The molecule has 5 rings (SSSR count). The summed E-state index contributed by atoms with van der Waals surface area (Å²) in [6.45, 7) is 4.56. The number of carbonyl (C=O) groups is 3. The SMILES string of the molecule is CCn1c2c(c3cc(C(=O)c4ccccc4C)ccc31)C=C(C(=O)/C(CCSC1=CC=C(Cl)CC1)=N/OC(=O)C(F)(F)F)CC2. The Morgan fingerprint density at radius 3 is 2.51 bits per heavy atom. The second kappa shape index (κ2) is 13.6. The molecule has 0 bridgehead atoms. The molecule has 0 atom stereocenters. The lowest BCUT2D eigenvalue weighted by Gasteiger charge is -2.17. The van der Waals surface area contributed by atoms with Crippen molar-refractivity contribution in [2.24, 2.45) is 5.16 Å². The van der Waals surface area contributed by atoms with E-state index in [-0.39, 0.29) is 17.9 Å². The third-order valence-electron chi connectivity index (χ3n) is 7.84. The number of aromatic nitrogens is 1. The maximum absolute atomic E-state index is 13.7. The molecule has 3 aromatic rings. The number of rotatable bonds is 10. The molecule has 6 nitrogen and oxygen atoms in total. The van der Waals surface area contributed by atoms with Crippen LogP contribution in [0.2, 0.25) is 0 Å². The van der Waals surface area contributed by atoms with E-state index in [0.29, 0.717) is 54.7 Å². The number of hydrogen-bond acceptors (Lipinski definition) is 6. The molecule has 234 valence electrons. The summed E-state index contributed by atoms with van der Waals surface area (Å²) in [6, 6.07) is 12.9. The van der Waals surface area contributed by atoms with Crippen LogP contribution in [-0.4, -0.2) is 39.7 Å². The Kier molecular flexibility index (Phi) is 9.84. The zero-order valence-corrected chi connectivity index (χ0v) is 26.2. The maximum Gasteiger partial charge on any atom is 0.493 e. The molecule has 1 heterocycles. The predicted octanol–water partition coefficient (Wildman–Crippen LogP) is 8.48. The fourth-order valence-corrected chi connectivity index (χ4v) is 6.68. The molecule has 2 aromatic carbocycles. The zero-order chi connectivity index (χ0) is 32.3. The van der Waals surface area contributed by atoms with Crippen LogP contribution in [-0.2, 0) is 27.4 Å². The van der Waals surface area contributed by atoms with Crippen molar-refractivity contribution in [2.75, 3.05) is 5.75 Å². The van der Waals surface area contributed by atoms with Gasteiger partial charge in [-0.05, 0) is 80.4 Å². The van der Waals surface area contributed by atoms with Crippen LogP contribution < -0.4 is 0 Å². The number of oxime groups is 1. The van der Waals surface area contributed by atoms with Crippen molar-refractivity contribution in [3.63, 3.8) is 0 Å². The van der Waals surface area contributed by atoms with Gasteiger partial charge in [0.2, 0.25) is 5.78 Å².